The number of anilines is 1. The molecule has 0 unspecified atom stereocenters. The topological polar surface area (TPSA) is 52.3 Å². The lowest BCUT2D eigenvalue weighted by Crippen LogP contribution is -2.23. The van der Waals surface area contributed by atoms with E-state index in [1.807, 2.05) is 58.0 Å². The summed E-state index contributed by atoms with van der Waals surface area (Å²) in [7, 11) is 0. The lowest BCUT2D eigenvalue weighted by Gasteiger charge is -2.19. The van der Waals surface area contributed by atoms with Gasteiger partial charge in [-0.2, -0.15) is 0 Å². The molecule has 0 aliphatic carbocycles. The minimum absolute atomic E-state index is 0.345. The largest absolute Gasteiger partial charge is 0.456 e. The molecule has 2 rings (SSSR count). The second-order valence-corrected chi connectivity index (χ2v) is 6.89. The summed E-state index contributed by atoms with van der Waals surface area (Å²) < 4.78 is 5.44. The van der Waals surface area contributed by atoms with Gasteiger partial charge >= 0.3 is 5.97 Å². The van der Waals surface area contributed by atoms with Crippen LogP contribution in [0.25, 0.3) is 10.4 Å². The van der Waals surface area contributed by atoms with Crippen molar-refractivity contribution in [3.63, 3.8) is 0 Å². The first-order valence-electron chi connectivity index (χ1n) is 7.03. The Morgan fingerprint density at radius 1 is 1.24 bits per heavy atom. The van der Waals surface area contributed by atoms with Gasteiger partial charge in [0, 0.05) is 4.88 Å². The monoisotopic (exact) mass is 303 g/mol. The Morgan fingerprint density at radius 3 is 2.38 bits per heavy atom. The molecular weight excluding hydrogens is 282 g/mol. The van der Waals surface area contributed by atoms with E-state index in [0.29, 0.717) is 10.6 Å². The van der Waals surface area contributed by atoms with Gasteiger partial charge in [0.05, 0.1) is 5.69 Å². The van der Waals surface area contributed by atoms with Gasteiger partial charge in [0.15, 0.2) is 0 Å². The van der Waals surface area contributed by atoms with Gasteiger partial charge in [0.25, 0.3) is 0 Å². The maximum absolute atomic E-state index is 12.3. The molecule has 0 bridgehead atoms. The van der Waals surface area contributed by atoms with Crippen molar-refractivity contribution in [2.75, 3.05) is 5.73 Å². The number of rotatable bonds is 3. The zero-order chi connectivity index (χ0) is 15.6. The Bertz CT molecular complexity index is 639. The van der Waals surface area contributed by atoms with Gasteiger partial charge in [-0.15, -0.1) is 11.3 Å². The molecule has 0 saturated heterocycles. The predicted molar refractivity (Wildman–Crippen MR) is 88.7 cm³/mol. The number of esters is 1. The van der Waals surface area contributed by atoms with Crippen LogP contribution in [0.1, 0.15) is 42.9 Å². The van der Waals surface area contributed by atoms with Crippen LogP contribution in [-0.2, 0) is 11.2 Å². The first-order valence-corrected chi connectivity index (χ1v) is 7.85. The minimum Gasteiger partial charge on any atom is -0.456 e. The Hall–Kier alpha value is -1.81. The highest BCUT2D eigenvalue weighted by Gasteiger charge is 2.25. The molecule has 0 spiro atoms. The quantitative estimate of drug-likeness (QED) is 0.848. The molecular formula is C17H21NO2S. The van der Waals surface area contributed by atoms with Crippen LogP contribution in [0.5, 0.6) is 0 Å². The second-order valence-electron chi connectivity index (χ2n) is 5.87. The molecule has 0 aliphatic heterocycles. The number of hydrogen-bond donors (Lipinski definition) is 1. The number of nitrogen functional groups attached to an aromatic ring is 1. The summed E-state index contributed by atoms with van der Waals surface area (Å²) >= 11 is 1.41. The van der Waals surface area contributed by atoms with Gasteiger partial charge in [-0.3, -0.25) is 0 Å². The van der Waals surface area contributed by atoms with E-state index >= 15 is 0 Å². The summed E-state index contributed by atoms with van der Waals surface area (Å²) in [5, 5.41) is 0. The lowest BCUT2D eigenvalue weighted by atomic mass is 10.1. The summed E-state index contributed by atoms with van der Waals surface area (Å²) in [4.78, 5) is 13.9. The van der Waals surface area contributed by atoms with E-state index in [1.54, 1.807) is 0 Å². The maximum Gasteiger partial charge on any atom is 0.351 e. The van der Waals surface area contributed by atoms with Crippen molar-refractivity contribution >= 4 is 23.0 Å². The van der Waals surface area contributed by atoms with Crippen molar-refractivity contribution in [2.45, 2.75) is 39.7 Å². The molecule has 2 N–H and O–H groups in total. The third-order valence-electron chi connectivity index (χ3n) is 3.02. The molecule has 0 aliphatic rings. The van der Waals surface area contributed by atoms with Crippen molar-refractivity contribution in [3.8, 4) is 10.4 Å². The highest BCUT2D eigenvalue weighted by atomic mass is 32.1. The zero-order valence-electron chi connectivity index (χ0n) is 12.9. The van der Waals surface area contributed by atoms with Crippen molar-refractivity contribution in [3.05, 3.63) is 40.8 Å². The zero-order valence-corrected chi connectivity index (χ0v) is 13.7. The fraction of sp³-hybridized carbons (Fsp3) is 0.353. The Labute approximate surface area is 129 Å². The number of carbonyl (C=O) groups excluding carboxylic acids is 1. The number of thiophene rings is 1. The molecule has 2 aromatic rings. The smallest absolute Gasteiger partial charge is 0.351 e. The molecule has 0 radical (unpaired) electrons. The standard InChI is InChI=1S/C17H21NO2S/c1-5-12-13(18)15(16(19)20-17(2,3)4)21-14(12)11-9-7-6-8-10-11/h6-10H,5,18H2,1-4H3. The Morgan fingerprint density at radius 2 is 1.86 bits per heavy atom. The molecule has 3 nitrogen and oxygen atoms in total. The van der Waals surface area contributed by atoms with Crippen LogP contribution in [0.4, 0.5) is 5.69 Å². The highest BCUT2D eigenvalue weighted by Crippen LogP contribution is 2.39. The molecule has 0 amide bonds. The van der Waals surface area contributed by atoms with Crippen LogP contribution >= 0.6 is 11.3 Å². The van der Waals surface area contributed by atoms with Crippen LogP contribution in [0, 0.1) is 0 Å². The number of benzene rings is 1. The molecule has 112 valence electrons. The van der Waals surface area contributed by atoms with Gasteiger partial charge < -0.3 is 10.5 Å². The summed E-state index contributed by atoms with van der Waals surface area (Å²) in [5.74, 6) is -0.345. The van der Waals surface area contributed by atoms with Crippen LogP contribution in [0.15, 0.2) is 30.3 Å². The molecule has 1 aromatic carbocycles. The van der Waals surface area contributed by atoms with E-state index in [9.17, 15) is 4.79 Å². The van der Waals surface area contributed by atoms with Gasteiger partial charge in [-0.05, 0) is 38.3 Å². The summed E-state index contributed by atoms with van der Waals surface area (Å²) in [6.07, 6.45) is 0.787. The van der Waals surface area contributed by atoms with Crippen LogP contribution in [0.3, 0.4) is 0 Å². The van der Waals surface area contributed by atoms with Crippen molar-refractivity contribution in [1.82, 2.24) is 0 Å². The predicted octanol–water partition coefficient (Wildman–Crippen LogP) is 4.52. The Kier molecular flexibility index (Phi) is 4.37. The third-order valence-corrected chi connectivity index (χ3v) is 4.30. The van der Waals surface area contributed by atoms with Gasteiger partial charge in [-0.25, -0.2) is 4.79 Å². The molecule has 0 saturated carbocycles. The van der Waals surface area contributed by atoms with E-state index in [4.69, 9.17) is 10.5 Å². The first kappa shape index (κ1) is 15.6. The maximum atomic E-state index is 12.3. The number of ether oxygens (including phenoxy) is 1. The van der Waals surface area contributed by atoms with Gasteiger partial charge in [0.2, 0.25) is 0 Å². The molecule has 1 heterocycles. The van der Waals surface area contributed by atoms with Crippen molar-refractivity contribution in [2.24, 2.45) is 0 Å². The molecule has 1 aromatic heterocycles. The average molecular weight is 303 g/mol. The van der Waals surface area contributed by atoms with Crippen LogP contribution in [-0.4, -0.2) is 11.6 Å². The number of carbonyl (C=O) groups is 1. The molecule has 21 heavy (non-hydrogen) atoms. The molecule has 4 heteroatoms. The van der Waals surface area contributed by atoms with E-state index in [2.05, 4.69) is 0 Å². The van der Waals surface area contributed by atoms with E-state index in [1.165, 1.54) is 11.3 Å². The average Bonchev–Trinajstić information content (AvgIpc) is 2.75. The highest BCUT2D eigenvalue weighted by molar-refractivity contribution is 7.18. The third kappa shape index (κ3) is 3.45. The SMILES string of the molecule is CCc1c(-c2ccccc2)sc(C(=O)OC(C)(C)C)c1N. The normalized spacial score (nSPS) is 11.4. The van der Waals surface area contributed by atoms with Crippen LogP contribution < -0.4 is 5.73 Å². The number of hydrogen-bond acceptors (Lipinski definition) is 4. The van der Waals surface area contributed by atoms with E-state index in [-0.39, 0.29) is 5.97 Å². The fourth-order valence-electron chi connectivity index (χ4n) is 2.13. The summed E-state index contributed by atoms with van der Waals surface area (Å²) in [6.45, 7) is 7.61. The van der Waals surface area contributed by atoms with Crippen LogP contribution in [0.2, 0.25) is 0 Å². The Balaban J connectivity index is 2.46. The number of nitrogens with two attached hydrogens (primary N) is 1. The molecule has 0 fully saturated rings. The van der Waals surface area contributed by atoms with Gasteiger partial charge in [-0.1, -0.05) is 37.3 Å². The van der Waals surface area contributed by atoms with E-state index < -0.39 is 5.60 Å². The van der Waals surface area contributed by atoms with E-state index in [0.717, 1.165) is 22.4 Å². The fourth-order valence-corrected chi connectivity index (χ4v) is 3.32. The minimum atomic E-state index is -0.521. The summed E-state index contributed by atoms with van der Waals surface area (Å²) in [5.41, 5.74) is 8.32. The lowest BCUT2D eigenvalue weighted by molar-refractivity contribution is 0.00763. The van der Waals surface area contributed by atoms with Crippen molar-refractivity contribution < 1.29 is 9.53 Å². The van der Waals surface area contributed by atoms with Crippen molar-refractivity contribution in [1.29, 1.82) is 0 Å². The second kappa shape index (κ2) is 5.90. The van der Waals surface area contributed by atoms with Gasteiger partial charge in [0.1, 0.15) is 10.5 Å². The molecule has 0 atom stereocenters. The first-order chi connectivity index (χ1) is 9.83. The summed E-state index contributed by atoms with van der Waals surface area (Å²) in [6, 6.07) is 10.0.